The number of phenols is 1. The molecule has 3 nitrogen and oxygen atoms in total. The normalized spacial score (nSPS) is 13.4. The first-order chi connectivity index (χ1) is 9.15. The molecule has 98 valence electrons. The Hall–Kier alpha value is -1.58. The quantitative estimate of drug-likeness (QED) is 0.860. The second-order valence-electron chi connectivity index (χ2n) is 4.14. The highest BCUT2D eigenvalue weighted by molar-refractivity contribution is 6.36. The monoisotopic (exact) mass is 296 g/mol. The van der Waals surface area contributed by atoms with Gasteiger partial charge < -0.3 is 14.6 Å². The molecular formula is C14H10Cl2O3. The van der Waals surface area contributed by atoms with E-state index in [1.807, 2.05) is 18.2 Å². The van der Waals surface area contributed by atoms with Gasteiger partial charge >= 0.3 is 0 Å². The molecule has 0 fully saturated rings. The summed E-state index contributed by atoms with van der Waals surface area (Å²) in [6.45, 7) is 1.08. The van der Waals surface area contributed by atoms with Crippen LogP contribution < -0.4 is 9.47 Å². The van der Waals surface area contributed by atoms with Crippen molar-refractivity contribution < 1.29 is 14.6 Å². The number of halogens is 2. The van der Waals surface area contributed by atoms with E-state index >= 15 is 0 Å². The SMILES string of the molecule is Oc1cc(Cl)c(-c2ccc3c(c2)OCCO3)cc1Cl. The fourth-order valence-corrected chi connectivity index (χ4v) is 2.40. The van der Waals surface area contributed by atoms with Crippen LogP contribution >= 0.6 is 23.2 Å². The van der Waals surface area contributed by atoms with Crippen LogP contribution in [0.3, 0.4) is 0 Å². The van der Waals surface area contributed by atoms with E-state index in [9.17, 15) is 5.11 Å². The van der Waals surface area contributed by atoms with E-state index in [4.69, 9.17) is 32.7 Å². The summed E-state index contributed by atoms with van der Waals surface area (Å²) in [5.41, 5.74) is 1.59. The average molecular weight is 297 g/mol. The maximum atomic E-state index is 9.50. The molecule has 0 amide bonds. The third-order valence-corrected chi connectivity index (χ3v) is 3.51. The maximum absolute atomic E-state index is 9.50. The minimum absolute atomic E-state index is 0.0343. The summed E-state index contributed by atoms with van der Waals surface area (Å²) in [4.78, 5) is 0. The molecule has 1 aliphatic rings. The van der Waals surface area contributed by atoms with E-state index in [-0.39, 0.29) is 10.8 Å². The van der Waals surface area contributed by atoms with Gasteiger partial charge in [-0.3, -0.25) is 0 Å². The summed E-state index contributed by atoms with van der Waals surface area (Å²) in [5, 5.41) is 10.2. The van der Waals surface area contributed by atoms with Crippen LogP contribution in [0.2, 0.25) is 10.0 Å². The molecule has 0 bridgehead atoms. The molecule has 19 heavy (non-hydrogen) atoms. The second kappa shape index (κ2) is 4.83. The number of hydrogen-bond acceptors (Lipinski definition) is 3. The van der Waals surface area contributed by atoms with Gasteiger partial charge in [0.1, 0.15) is 19.0 Å². The minimum Gasteiger partial charge on any atom is -0.506 e. The first kappa shape index (κ1) is 12.5. The van der Waals surface area contributed by atoms with E-state index in [1.165, 1.54) is 6.07 Å². The summed E-state index contributed by atoms with van der Waals surface area (Å²) in [6.07, 6.45) is 0. The summed E-state index contributed by atoms with van der Waals surface area (Å²) in [7, 11) is 0. The van der Waals surface area contributed by atoms with Gasteiger partial charge in [-0.05, 0) is 23.8 Å². The third-order valence-electron chi connectivity index (χ3n) is 2.89. The lowest BCUT2D eigenvalue weighted by atomic mass is 10.0. The van der Waals surface area contributed by atoms with Gasteiger partial charge in [0.25, 0.3) is 0 Å². The highest BCUT2D eigenvalue weighted by Gasteiger charge is 2.14. The molecule has 5 heteroatoms. The molecule has 1 N–H and O–H groups in total. The average Bonchev–Trinajstić information content (AvgIpc) is 2.42. The standard InChI is InChI=1S/C14H10Cl2O3/c15-10-7-12(17)11(16)6-9(10)8-1-2-13-14(5-8)19-4-3-18-13/h1-2,5-7,17H,3-4H2. The Kier molecular flexibility index (Phi) is 3.17. The van der Waals surface area contributed by atoms with Crippen molar-refractivity contribution in [1.29, 1.82) is 0 Å². The summed E-state index contributed by atoms with van der Waals surface area (Å²) in [5.74, 6) is 1.37. The van der Waals surface area contributed by atoms with Gasteiger partial charge in [-0.1, -0.05) is 29.3 Å². The Morgan fingerprint density at radius 1 is 0.895 bits per heavy atom. The van der Waals surface area contributed by atoms with Gasteiger partial charge in [0, 0.05) is 11.6 Å². The Balaban J connectivity index is 2.09. The van der Waals surface area contributed by atoms with Crippen molar-refractivity contribution in [3.8, 4) is 28.4 Å². The number of fused-ring (bicyclic) bond motifs is 1. The highest BCUT2D eigenvalue weighted by atomic mass is 35.5. The molecule has 2 aromatic carbocycles. The molecule has 0 aromatic heterocycles. The smallest absolute Gasteiger partial charge is 0.161 e. The number of benzene rings is 2. The molecule has 3 rings (SSSR count). The second-order valence-corrected chi connectivity index (χ2v) is 4.96. The lowest BCUT2D eigenvalue weighted by Crippen LogP contribution is -2.15. The summed E-state index contributed by atoms with van der Waals surface area (Å²) < 4.78 is 11.0. The van der Waals surface area contributed by atoms with Gasteiger partial charge in [0.2, 0.25) is 0 Å². The minimum atomic E-state index is -0.0343. The van der Waals surface area contributed by atoms with Crippen molar-refractivity contribution in [1.82, 2.24) is 0 Å². The number of phenolic OH excluding ortho intramolecular Hbond substituents is 1. The van der Waals surface area contributed by atoms with Crippen molar-refractivity contribution in [3.63, 3.8) is 0 Å². The summed E-state index contributed by atoms with van der Waals surface area (Å²) >= 11 is 12.0. The molecule has 0 spiro atoms. The van der Waals surface area contributed by atoms with Crippen molar-refractivity contribution in [3.05, 3.63) is 40.4 Å². The molecule has 1 aliphatic heterocycles. The summed E-state index contributed by atoms with van der Waals surface area (Å²) in [6, 6.07) is 8.62. The number of ether oxygens (including phenoxy) is 2. The lowest BCUT2D eigenvalue weighted by Gasteiger charge is -2.19. The third kappa shape index (κ3) is 2.31. The van der Waals surface area contributed by atoms with Gasteiger partial charge in [0.05, 0.1) is 10.0 Å². The highest BCUT2D eigenvalue weighted by Crippen LogP contribution is 2.40. The molecule has 1 heterocycles. The van der Waals surface area contributed by atoms with Crippen LogP contribution in [0, 0.1) is 0 Å². The van der Waals surface area contributed by atoms with Crippen LogP contribution in [0.5, 0.6) is 17.2 Å². The van der Waals surface area contributed by atoms with E-state index in [1.54, 1.807) is 6.07 Å². The van der Waals surface area contributed by atoms with Gasteiger partial charge in [-0.15, -0.1) is 0 Å². The van der Waals surface area contributed by atoms with Gasteiger partial charge in [0.15, 0.2) is 11.5 Å². The van der Waals surface area contributed by atoms with Crippen molar-refractivity contribution >= 4 is 23.2 Å². The van der Waals surface area contributed by atoms with E-state index < -0.39 is 0 Å². The Morgan fingerprint density at radius 2 is 1.63 bits per heavy atom. The Labute approximate surface area is 120 Å². The van der Waals surface area contributed by atoms with Crippen LogP contribution in [-0.2, 0) is 0 Å². The molecular weight excluding hydrogens is 287 g/mol. The Morgan fingerprint density at radius 3 is 2.42 bits per heavy atom. The topological polar surface area (TPSA) is 38.7 Å². The number of hydrogen-bond donors (Lipinski definition) is 1. The molecule has 0 aliphatic carbocycles. The zero-order valence-electron chi connectivity index (χ0n) is 9.82. The first-order valence-electron chi connectivity index (χ1n) is 5.73. The van der Waals surface area contributed by atoms with Crippen LogP contribution in [0.4, 0.5) is 0 Å². The predicted octanol–water partition coefficient (Wildman–Crippen LogP) is 4.14. The lowest BCUT2D eigenvalue weighted by molar-refractivity contribution is 0.171. The van der Waals surface area contributed by atoms with Crippen LogP contribution in [0.25, 0.3) is 11.1 Å². The molecule has 2 aromatic rings. The van der Waals surface area contributed by atoms with Gasteiger partial charge in [-0.2, -0.15) is 0 Å². The van der Waals surface area contributed by atoms with E-state index in [2.05, 4.69) is 0 Å². The fraction of sp³-hybridized carbons (Fsp3) is 0.143. The van der Waals surface area contributed by atoms with Crippen molar-refractivity contribution in [2.45, 2.75) is 0 Å². The van der Waals surface area contributed by atoms with E-state index in [0.717, 1.165) is 16.9 Å². The molecule has 0 atom stereocenters. The van der Waals surface area contributed by atoms with Gasteiger partial charge in [-0.25, -0.2) is 0 Å². The van der Waals surface area contributed by atoms with Crippen molar-refractivity contribution in [2.75, 3.05) is 13.2 Å². The van der Waals surface area contributed by atoms with Crippen LogP contribution in [0.1, 0.15) is 0 Å². The zero-order valence-corrected chi connectivity index (χ0v) is 11.3. The maximum Gasteiger partial charge on any atom is 0.161 e. The molecule has 0 saturated carbocycles. The fourth-order valence-electron chi connectivity index (χ4n) is 1.97. The van der Waals surface area contributed by atoms with Crippen molar-refractivity contribution in [2.24, 2.45) is 0 Å². The zero-order chi connectivity index (χ0) is 13.4. The largest absolute Gasteiger partial charge is 0.506 e. The Bertz CT molecular complexity index is 641. The van der Waals surface area contributed by atoms with Crippen LogP contribution in [0.15, 0.2) is 30.3 Å². The molecule has 0 radical (unpaired) electrons. The van der Waals surface area contributed by atoms with Crippen LogP contribution in [-0.4, -0.2) is 18.3 Å². The number of rotatable bonds is 1. The van der Waals surface area contributed by atoms with E-state index in [0.29, 0.717) is 24.0 Å². The predicted molar refractivity (Wildman–Crippen MR) is 74.6 cm³/mol. The molecule has 0 saturated heterocycles. The first-order valence-corrected chi connectivity index (χ1v) is 6.49. The molecule has 0 unspecified atom stereocenters. The number of aromatic hydroxyl groups is 1.